The highest BCUT2D eigenvalue weighted by Gasteiger charge is 2.05. The third-order valence-corrected chi connectivity index (χ3v) is 3.53. The number of H-pyrrole nitrogens is 1. The van der Waals surface area contributed by atoms with Gasteiger partial charge in [-0.2, -0.15) is 0 Å². The van der Waals surface area contributed by atoms with Gasteiger partial charge in [0.1, 0.15) is 0 Å². The maximum Gasteiger partial charge on any atom is 0.279 e. The number of aromatic hydroxyl groups is 1. The summed E-state index contributed by atoms with van der Waals surface area (Å²) < 4.78 is 6.53. The van der Waals surface area contributed by atoms with E-state index in [1.54, 1.807) is 18.2 Å². The van der Waals surface area contributed by atoms with Crippen molar-refractivity contribution in [3.8, 4) is 17.2 Å². The van der Waals surface area contributed by atoms with Gasteiger partial charge in [-0.25, -0.2) is 4.68 Å². The van der Waals surface area contributed by atoms with E-state index in [9.17, 15) is 9.90 Å². The minimum Gasteiger partial charge on any atom is -0.504 e. The molecule has 0 radical (unpaired) electrons. The number of phenols is 1. The zero-order valence-corrected chi connectivity index (χ0v) is 12.6. The minimum atomic E-state index is -0.187. The van der Waals surface area contributed by atoms with Crippen LogP contribution in [0.5, 0.6) is 11.5 Å². The number of nitrogens with one attached hydrogen (secondary N) is 1. The fourth-order valence-corrected chi connectivity index (χ4v) is 2.35. The van der Waals surface area contributed by atoms with Gasteiger partial charge in [0.25, 0.3) is 5.56 Å². The number of phenolic OH excluding ortho intramolecular Hbond substituents is 1. The highest BCUT2D eigenvalue weighted by Crippen LogP contribution is 2.26. The molecule has 0 saturated heterocycles. The van der Waals surface area contributed by atoms with Crippen LogP contribution in [-0.4, -0.2) is 22.0 Å². The summed E-state index contributed by atoms with van der Waals surface area (Å²) in [5, 5.41) is 13.6. The Bertz CT molecular complexity index is 1000. The Hall–Kier alpha value is -3.21. The van der Waals surface area contributed by atoms with Gasteiger partial charge in [-0.15, -0.1) is 0 Å². The highest BCUT2D eigenvalue weighted by atomic mass is 16.5. The van der Waals surface area contributed by atoms with E-state index < -0.39 is 0 Å². The Morgan fingerprint density at radius 1 is 1.22 bits per heavy atom. The second-order valence-electron chi connectivity index (χ2n) is 5.06. The molecule has 0 aliphatic heterocycles. The molecule has 23 heavy (non-hydrogen) atoms. The predicted molar refractivity (Wildman–Crippen MR) is 89.4 cm³/mol. The Morgan fingerprint density at radius 3 is 2.65 bits per heavy atom. The van der Waals surface area contributed by atoms with E-state index in [1.807, 2.05) is 30.3 Å². The lowest BCUT2D eigenvalue weighted by Crippen LogP contribution is -2.33. The van der Waals surface area contributed by atoms with Crippen molar-refractivity contribution in [1.82, 2.24) is 9.78 Å². The van der Waals surface area contributed by atoms with Gasteiger partial charge in [-0.1, -0.05) is 30.8 Å². The normalized spacial score (nSPS) is 11.6. The number of nitrogens with zero attached hydrogens (tertiary/aromatic N) is 1. The molecule has 0 bridgehead atoms. The predicted octanol–water partition coefficient (Wildman–Crippen LogP) is 1.12. The monoisotopic (exact) mass is 308 g/mol. The number of rotatable bonds is 3. The number of ether oxygens (including phenoxy) is 1. The maximum atomic E-state index is 12.6. The first-order valence-corrected chi connectivity index (χ1v) is 7.04. The molecule has 3 rings (SSSR count). The zero-order valence-electron chi connectivity index (χ0n) is 12.6. The molecule has 1 aromatic heterocycles. The van der Waals surface area contributed by atoms with Crippen molar-refractivity contribution in [2.45, 2.75) is 0 Å². The Kier molecular flexibility index (Phi) is 3.76. The molecule has 0 amide bonds. The SMILES string of the molecule is C=c1[nH]n(-c2ccccc2)c(=O)/c1=C/c1ccc(O)c(OC)c1. The van der Waals surface area contributed by atoms with Crippen LogP contribution in [0.1, 0.15) is 5.56 Å². The number of benzene rings is 2. The maximum absolute atomic E-state index is 12.6. The molecule has 3 aromatic rings. The molecule has 0 aliphatic rings. The largest absolute Gasteiger partial charge is 0.504 e. The summed E-state index contributed by atoms with van der Waals surface area (Å²) in [7, 11) is 1.48. The molecule has 0 spiro atoms. The van der Waals surface area contributed by atoms with Crippen LogP contribution in [0, 0.1) is 0 Å². The van der Waals surface area contributed by atoms with Gasteiger partial charge in [-0.05, 0) is 35.9 Å². The Balaban J connectivity index is 2.17. The summed E-state index contributed by atoms with van der Waals surface area (Å²) in [5.74, 6) is 0.401. The van der Waals surface area contributed by atoms with E-state index in [4.69, 9.17) is 4.74 Å². The van der Waals surface area contributed by atoms with Gasteiger partial charge in [0.15, 0.2) is 11.5 Å². The molecular weight excluding hydrogens is 292 g/mol. The van der Waals surface area contributed by atoms with E-state index >= 15 is 0 Å². The fourth-order valence-electron chi connectivity index (χ4n) is 2.35. The zero-order chi connectivity index (χ0) is 16.4. The van der Waals surface area contributed by atoms with E-state index in [0.717, 1.165) is 11.3 Å². The average molecular weight is 308 g/mol. The van der Waals surface area contributed by atoms with E-state index in [-0.39, 0.29) is 11.3 Å². The first-order valence-electron chi connectivity index (χ1n) is 7.04. The highest BCUT2D eigenvalue weighted by molar-refractivity contribution is 5.55. The molecule has 1 heterocycles. The lowest BCUT2D eigenvalue weighted by Gasteiger charge is -2.03. The first-order chi connectivity index (χ1) is 11.1. The smallest absolute Gasteiger partial charge is 0.279 e. The van der Waals surface area contributed by atoms with Gasteiger partial charge >= 0.3 is 0 Å². The fraction of sp³-hybridized carbons (Fsp3) is 0.0556. The summed E-state index contributed by atoms with van der Waals surface area (Å²) in [4.78, 5) is 12.6. The van der Waals surface area contributed by atoms with Gasteiger partial charge in [0.05, 0.1) is 23.4 Å². The second-order valence-corrected chi connectivity index (χ2v) is 5.06. The summed E-state index contributed by atoms with van der Waals surface area (Å²) >= 11 is 0. The van der Waals surface area contributed by atoms with Gasteiger partial charge in [-0.3, -0.25) is 9.89 Å². The summed E-state index contributed by atoms with van der Waals surface area (Å²) in [5.41, 5.74) is 1.29. The van der Waals surface area contributed by atoms with Crippen LogP contribution in [-0.2, 0) is 0 Å². The van der Waals surface area contributed by atoms with Crippen molar-refractivity contribution in [2.24, 2.45) is 0 Å². The Labute approximate surface area is 132 Å². The van der Waals surface area contributed by atoms with Crippen molar-refractivity contribution < 1.29 is 9.84 Å². The minimum absolute atomic E-state index is 0.0512. The van der Waals surface area contributed by atoms with Crippen molar-refractivity contribution in [1.29, 1.82) is 0 Å². The molecule has 2 aromatic carbocycles. The van der Waals surface area contributed by atoms with Crippen LogP contribution in [0.4, 0.5) is 0 Å². The molecular formula is C18H16N2O3. The van der Waals surface area contributed by atoms with Crippen LogP contribution in [0.3, 0.4) is 0 Å². The van der Waals surface area contributed by atoms with E-state index in [1.165, 1.54) is 17.9 Å². The molecule has 0 saturated carbocycles. The van der Waals surface area contributed by atoms with Crippen molar-refractivity contribution in [3.05, 3.63) is 75.0 Å². The molecule has 116 valence electrons. The number of hydrogen-bond acceptors (Lipinski definition) is 3. The number of methoxy groups -OCH3 is 1. The lowest BCUT2D eigenvalue weighted by atomic mass is 10.1. The van der Waals surface area contributed by atoms with E-state index in [2.05, 4.69) is 11.7 Å². The summed E-state index contributed by atoms with van der Waals surface area (Å²) in [6, 6.07) is 14.2. The lowest BCUT2D eigenvalue weighted by molar-refractivity contribution is 0.373. The molecule has 0 unspecified atom stereocenters. The van der Waals surface area contributed by atoms with Crippen molar-refractivity contribution >= 4 is 12.7 Å². The van der Waals surface area contributed by atoms with Gasteiger partial charge < -0.3 is 9.84 Å². The molecule has 0 aliphatic carbocycles. The van der Waals surface area contributed by atoms with Crippen LogP contribution >= 0.6 is 0 Å². The number of hydrogen-bond donors (Lipinski definition) is 2. The van der Waals surface area contributed by atoms with Crippen LogP contribution < -0.4 is 20.9 Å². The molecule has 0 fully saturated rings. The topological polar surface area (TPSA) is 67.2 Å². The first kappa shape index (κ1) is 14.7. The van der Waals surface area contributed by atoms with Crippen LogP contribution in [0.25, 0.3) is 18.3 Å². The van der Waals surface area contributed by atoms with Crippen LogP contribution in [0.2, 0.25) is 0 Å². The molecule has 5 heteroatoms. The van der Waals surface area contributed by atoms with E-state index in [0.29, 0.717) is 16.3 Å². The quantitative estimate of drug-likeness (QED) is 0.762. The van der Waals surface area contributed by atoms with Crippen molar-refractivity contribution in [2.75, 3.05) is 7.11 Å². The summed E-state index contributed by atoms with van der Waals surface area (Å²) in [6.07, 6.45) is 1.71. The summed E-state index contributed by atoms with van der Waals surface area (Å²) in [6.45, 7) is 3.90. The second kappa shape index (κ2) is 5.88. The molecule has 2 N–H and O–H groups in total. The van der Waals surface area contributed by atoms with Gasteiger partial charge in [0.2, 0.25) is 0 Å². The number of aromatic amines is 1. The molecule has 5 nitrogen and oxygen atoms in total. The number of aromatic nitrogens is 2. The van der Waals surface area contributed by atoms with Crippen LogP contribution in [0.15, 0.2) is 53.3 Å². The standard InChI is InChI=1S/C18H16N2O3/c1-12-15(10-13-8-9-16(21)17(11-13)23-2)18(22)20(19-12)14-6-4-3-5-7-14/h3-11,19,21H,1H2,2H3/b15-10+. The third-order valence-electron chi connectivity index (χ3n) is 3.53. The van der Waals surface area contributed by atoms with Crippen molar-refractivity contribution in [3.63, 3.8) is 0 Å². The number of para-hydroxylation sites is 1. The van der Waals surface area contributed by atoms with Gasteiger partial charge in [0, 0.05) is 0 Å². The third kappa shape index (κ3) is 2.76. The average Bonchev–Trinajstić information content (AvgIpc) is 2.85. The molecule has 0 atom stereocenters. The Morgan fingerprint density at radius 2 is 1.96 bits per heavy atom.